The molecule has 0 fully saturated rings. The summed E-state index contributed by atoms with van der Waals surface area (Å²) in [4.78, 5) is 24.7. The smallest absolute Gasteiger partial charge is 0.398 e. The van der Waals surface area contributed by atoms with Crippen molar-refractivity contribution >= 4 is 17.5 Å². The molecule has 1 aromatic carbocycles. The molecule has 1 heterocycles. The average molecular weight is 288 g/mol. The van der Waals surface area contributed by atoms with E-state index in [0.717, 1.165) is 4.90 Å². The summed E-state index contributed by atoms with van der Waals surface area (Å²) in [5.74, 6) is -1.19. The number of anilines is 1. The van der Waals surface area contributed by atoms with E-state index < -0.39 is 24.6 Å². The highest BCUT2D eigenvalue weighted by Crippen LogP contribution is 2.27. The Morgan fingerprint density at radius 1 is 1.20 bits per heavy atom. The molecule has 20 heavy (non-hydrogen) atoms. The summed E-state index contributed by atoms with van der Waals surface area (Å²) in [6.07, 6.45) is -4.44. The lowest BCUT2D eigenvalue weighted by Crippen LogP contribution is -2.34. The molecule has 8 heteroatoms. The van der Waals surface area contributed by atoms with Gasteiger partial charge in [-0.15, -0.1) is 0 Å². The molecular weight excluding hydrogens is 277 g/mol. The molecule has 0 unspecified atom stereocenters. The van der Waals surface area contributed by atoms with Crippen molar-refractivity contribution in [3.05, 3.63) is 29.3 Å². The van der Waals surface area contributed by atoms with Crippen molar-refractivity contribution in [2.24, 2.45) is 0 Å². The first-order chi connectivity index (χ1) is 9.31. The lowest BCUT2D eigenvalue weighted by atomic mass is 10.1. The van der Waals surface area contributed by atoms with E-state index in [1.165, 1.54) is 18.2 Å². The number of nitrogen functional groups attached to an aromatic ring is 1. The van der Waals surface area contributed by atoms with E-state index in [0.29, 0.717) is 0 Å². The standard InChI is InChI=1S/C12H11F3N2O3/c13-12(14,15)6-20-5-4-17-10(18)7-2-1-3-8(16)9(7)11(17)19/h1-3H,4-6,16H2. The fourth-order valence-electron chi connectivity index (χ4n) is 1.91. The van der Waals surface area contributed by atoms with E-state index in [1.807, 2.05) is 0 Å². The van der Waals surface area contributed by atoms with Crippen LogP contribution < -0.4 is 5.73 Å². The summed E-state index contributed by atoms with van der Waals surface area (Å²) in [6.45, 7) is -2.05. The molecule has 0 aromatic heterocycles. The van der Waals surface area contributed by atoms with E-state index >= 15 is 0 Å². The molecule has 0 atom stereocenters. The number of rotatable bonds is 4. The third-order valence-corrected chi connectivity index (χ3v) is 2.76. The fourth-order valence-corrected chi connectivity index (χ4v) is 1.91. The number of hydrogen-bond acceptors (Lipinski definition) is 4. The van der Waals surface area contributed by atoms with Crippen LogP contribution in [-0.2, 0) is 4.74 Å². The zero-order chi connectivity index (χ0) is 14.9. The number of alkyl halides is 3. The predicted octanol–water partition coefficient (Wildman–Crippen LogP) is 1.44. The van der Waals surface area contributed by atoms with E-state index in [9.17, 15) is 22.8 Å². The average Bonchev–Trinajstić information content (AvgIpc) is 2.59. The van der Waals surface area contributed by atoms with Gasteiger partial charge in [0.05, 0.1) is 24.3 Å². The molecule has 5 nitrogen and oxygen atoms in total. The molecule has 2 rings (SSSR count). The maximum atomic E-state index is 12.0. The first-order valence-electron chi connectivity index (χ1n) is 5.70. The molecule has 0 saturated carbocycles. The number of amides is 2. The Balaban J connectivity index is 2.01. The van der Waals surface area contributed by atoms with Crippen LogP contribution in [0.5, 0.6) is 0 Å². The quantitative estimate of drug-likeness (QED) is 0.517. The van der Waals surface area contributed by atoms with Crippen LogP contribution in [-0.4, -0.2) is 42.6 Å². The van der Waals surface area contributed by atoms with Gasteiger partial charge in [0.15, 0.2) is 0 Å². The largest absolute Gasteiger partial charge is 0.411 e. The maximum Gasteiger partial charge on any atom is 0.411 e. The van der Waals surface area contributed by atoms with Gasteiger partial charge in [-0.1, -0.05) is 6.07 Å². The Bertz CT molecular complexity index is 557. The Morgan fingerprint density at radius 3 is 2.50 bits per heavy atom. The summed E-state index contributed by atoms with van der Waals surface area (Å²) in [5.41, 5.74) is 6.03. The van der Waals surface area contributed by atoms with Crippen LogP contribution in [0.15, 0.2) is 18.2 Å². The van der Waals surface area contributed by atoms with Crippen LogP contribution in [0, 0.1) is 0 Å². The normalized spacial score (nSPS) is 14.8. The van der Waals surface area contributed by atoms with Gasteiger partial charge in [0.1, 0.15) is 6.61 Å². The minimum Gasteiger partial charge on any atom is -0.398 e. The number of fused-ring (bicyclic) bond motifs is 1. The van der Waals surface area contributed by atoms with Crippen LogP contribution in [0.2, 0.25) is 0 Å². The second kappa shape index (κ2) is 5.12. The summed E-state index contributed by atoms with van der Waals surface area (Å²) in [5, 5.41) is 0. The van der Waals surface area contributed by atoms with Gasteiger partial charge in [-0.2, -0.15) is 13.2 Å². The van der Waals surface area contributed by atoms with Gasteiger partial charge < -0.3 is 10.5 Å². The molecule has 1 aliphatic rings. The first kappa shape index (κ1) is 14.3. The molecule has 0 spiro atoms. The summed E-state index contributed by atoms with van der Waals surface area (Å²) >= 11 is 0. The van der Waals surface area contributed by atoms with Crippen molar-refractivity contribution in [3.8, 4) is 0 Å². The van der Waals surface area contributed by atoms with Crippen molar-refractivity contribution in [1.82, 2.24) is 4.90 Å². The van der Waals surface area contributed by atoms with Crippen molar-refractivity contribution in [2.45, 2.75) is 6.18 Å². The maximum absolute atomic E-state index is 12.0. The summed E-state index contributed by atoms with van der Waals surface area (Å²) in [7, 11) is 0. The number of benzene rings is 1. The van der Waals surface area contributed by atoms with E-state index in [-0.39, 0.29) is 30.0 Å². The van der Waals surface area contributed by atoms with Gasteiger partial charge in [-0.25, -0.2) is 0 Å². The van der Waals surface area contributed by atoms with Crippen LogP contribution >= 0.6 is 0 Å². The molecule has 2 amide bonds. The Morgan fingerprint density at radius 2 is 1.90 bits per heavy atom. The monoisotopic (exact) mass is 288 g/mol. The molecule has 0 bridgehead atoms. The van der Waals surface area contributed by atoms with Crippen LogP contribution in [0.3, 0.4) is 0 Å². The number of halogens is 3. The minimum absolute atomic E-state index is 0.0910. The molecular formula is C12H11F3N2O3. The van der Waals surface area contributed by atoms with E-state index in [2.05, 4.69) is 4.74 Å². The molecule has 2 N–H and O–H groups in total. The fraction of sp³-hybridized carbons (Fsp3) is 0.333. The zero-order valence-electron chi connectivity index (χ0n) is 10.2. The summed E-state index contributed by atoms with van der Waals surface area (Å²) in [6, 6.07) is 4.46. The van der Waals surface area contributed by atoms with Crippen LogP contribution in [0.1, 0.15) is 20.7 Å². The van der Waals surface area contributed by atoms with E-state index in [1.54, 1.807) is 0 Å². The van der Waals surface area contributed by atoms with Gasteiger partial charge in [0, 0.05) is 5.69 Å². The lowest BCUT2D eigenvalue weighted by molar-refractivity contribution is -0.173. The van der Waals surface area contributed by atoms with Crippen LogP contribution in [0.4, 0.5) is 18.9 Å². The van der Waals surface area contributed by atoms with Crippen LogP contribution in [0.25, 0.3) is 0 Å². The highest BCUT2D eigenvalue weighted by molar-refractivity contribution is 6.23. The highest BCUT2D eigenvalue weighted by Gasteiger charge is 2.36. The number of imide groups is 1. The van der Waals surface area contributed by atoms with Crippen molar-refractivity contribution in [3.63, 3.8) is 0 Å². The van der Waals surface area contributed by atoms with Gasteiger partial charge in [-0.3, -0.25) is 14.5 Å². The third-order valence-electron chi connectivity index (χ3n) is 2.76. The minimum atomic E-state index is -4.44. The molecule has 1 aromatic rings. The number of nitrogens with zero attached hydrogens (tertiary/aromatic N) is 1. The summed E-state index contributed by atoms with van der Waals surface area (Å²) < 4.78 is 40.0. The third kappa shape index (κ3) is 2.74. The van der Waals surface area contributed by atoms with Crippen molar-refractivity contribution in [1.29, 1.82) is 0 Å². The number of nitrogens with two attached hydrogens (primary N) is 1. The lowest BCUT2D eigenvalue weighted by Gasteiger charge is -2.14. The zero-order valence-corrected chi connectivity index (χ0v) is 10.2. The second-order valence-corrected chi connectivity index (χ2v) is 4.20. The van der Waals surface area contributed by atoms with Crippen molar-refractivity contribution in [2.75, 3.05) is 25.5 Å². The molecule has 1 aliphatic heterocycles. The molecule has 0 aliphatic carbocycles. The Hall–Kier alpha value is -2.09. The van der Waals surface area contributed by atoms with Gasteiger partial charge in [-0.05, 0) is 12.1 Å². The van der Waals surface area contributed by atoms with Gasteiger partial charge in [0.2, 0.25) is 0 Å². The Kier molecular flexibility index (Phi) is 3.67. The van der Waals surface area contributed by atoms with E-state index in [4.69, 9.17) is 5.73 Å². The molecule has 0 radical (unpaired) electrons. The van der Waals surface area contributed by atoms with Gasteiger partial charge in [0.25, 0.3) is 11.8 Å². The van der Waals surface area contributed by atoms with Gasteiger partial charge >= 0.3 is 6.18 Å². The highest BCUT2D eigenvalue weighted by atomic mass is 19.4. The SMILES string of the molecule is Nc1cccc2c1C(=O)N(CCOCC(F)(F)F)C2=O. The van der Waals surface area contributed by atoms with Crippen molar-refractivity contribution < 1.29 is 27.5 Å². The molecule has 0 saturated heterocycles. The number of hydrogen-bond donors (Lipinski definition) is 1. The molecule has 108 valence electrons. The Labute approximate surface area is 112 Å². The number of carbonyl (C=O) groups excluding carboxylic acids is 2. The second-order valence-electron chi connectivity index (χ2n) is 4.20. The number of ether oxygens (including phenoxy) is 1. The number of carbonyl (C=O) groups is 2. The topological polar surface area (TPSA) is 72.6 Å². The predicted molar refractivity (Wildman–Crippen MR) is 63.1 cm³/mol. The first-order valence-corrected chi connectivity index (χ1v) is 5.70.